The number of aromatic amines is 1. The van der Waals surface area contributed by atoms with Crippen molar-refractivity contribution >= 4 is 40.8 Å². The summed E-state index contributed by atoms with van der Waals surface area (Å²) in [7, 11) is 0. The van der Waals surface area contributed by atoms with E-state index in [1.807, 2.05) is 32.0 Å². The van der Waals surface area contributed by atoms with Crippen LogP contribution in [0.2, 0.25) is 10.0 Å². The Morgan fingerprint density at radius 1 is 1.06 bits per heavy atom. The summed E-state index contributed by atoms with van der Waals surface area (Å²) in [6, 6.07) is 9.47. The highest BCUT2D eigenvalue weighted by atomic mass is 35.5. The van der Waals surface area contributed by atoms with Crippen LogP contribution in [0.15, 0.2) is 58.6 Å². The van der Waals surface area contributed by atoms with Gasteiger partial charge in [0.1, 0.15) is 0 Å². The average Bonchev–Trinajstić information content (AvgIpc) is 2.76. The summed E-state index contributed by atoms with van der Waals surface area (Å²) in [5.74, 6) is 0.207. The summed E-state index contributed by atoms with van der Waals surface area (Å²) in [5.41, 5.74) is 9.06. The van der Waals surface area contributed by atoms with E-state index in [1.54, 1.807) is 0 Å². The van der Waals surface area contributed by atoms with Gasteiger partial charge in [0, 0.05) is 6.07 Å². The molecule has 3 aromatic rings. The summed E-state index contributed by atoms with van der Waals surface area (Å²) < 4.78 is 5.78. The summed E-state index contributed by atoms with van der Waals surface area (Å²) in [6.07, 6.45) is 0. The van der Waals surface area contributed by atoms with Gasteiger partial charge in [-0.2, -0.15) is 5.01 Å². The number of hydrazone groups is 1. The van der Waals surface area contributed by atoms with Gasteiger partial charge in [-0.05, 0) is 42.7 Å². The van der Waals surface area contributed by atoms with E-state index in [0.717, 1.165) is 16.1 Å². The van der Waals surface area contributed by atoms with Crippen molar-refractivity contribution in [2.75, 3.05) is 5.01 Å². The van der Waals surface area contributed by atoms with Crippen LogP contribution in [-0.2, 0) is 0 Å². The maximum atomic E-state index is 12.4. The Balaban J connectivity index is 1.68. The van der Waals surface area contributed by atoms with E-state index in [9.17, 15) is 9.59 Å². The fourth-order valence-corrected chi connectivity index (χ4v) is 3.62. The quantitative estimate of drug-likeness (QED) is 0.503. The molecule has 2 heterocycles. The second kappa shape index (κ2) is 8.61. The van der Waals surface area contributed by atoms with Gasteiger partial charge in [-0.15, -0.1) is 10.2 Å². The van der Waals surface area contributed by atoms with Crippen molar-refractivity contribution in [3.8, 4) is 22.8 Å². The molecule has 9 nitrogen and oxygen atoms in total. The Labute approximate surface area is 198 Å². The minimum Gasteiger partial charge on any atom is -0.434 e. The number of carbonyl (C=O) groups excluding carboxylic acids is 1. The zero-order valence-corrected chi connectivity index (χ0v) is 19.1. The third-order valence-electron chi connectivity index (χ3n) is 5.00. The number of anilines is 1. The van der Waals surface area contributed by atoms with E-state index in [4.69, 9.17) is 33.7 Å². The van der Waals surface area contributed by atoms with Gasteiger partial charge in [0.05, 0.1) is 27.0 Å². The van der Waals surface area contributed by atoms with Crippen LogP contribution < -0.4 is 26.4 Å². The predicted molar refractivity (Wildman–Crippen MR) is 128 cm³/mol. The number of aromatic nitrogens is 2. The molecule has 0 unspecified atom stereocenters. The van der Waals surface area contributed by atoms with Crippen LogP contribution in [0.4, 0.5) is 10.5 Å². The van der Waals surface area contributed by atoms with Crippen LogP contribution >= 0.6 is 23.2 Å². The molecule has 33 heavy (non-hydrogen) atoms. The van der Waals surface area contributed by atoms with Gasteiger partial charge in [0.25, 0.3) is 5.56 Å². The summed E-state index contributed by atoms with van der Waals surface area (Å²) in [4.78, 5) is 24.6. The summed E-state index contributed by atoms with van der Waals surface area (Å²) >= 11 is 12.8. The standard InChI is InChI=1S/C22H18Cl2N6O3/c1-10-4-5-13(6-11(10)2)15-9-18(27-28-21(15)31)33-19-16(23)7-14(8-17(19)24)30-22(32)26-12(3)20(25)29-30/h4-9H,3H2,1-2H3,(H2,25,29)(H,26,32)(H,28,31). The Hall–Kier alpha value is -3.82. The highest BCUT2D eigenvalue weighted by Gasteiger charge is 2.25. The van der Waals surface area contributed by atoms with Crippen molar-refractivity contribution in [1.82, 2.24) is 15.5 Å². The molecule has 1 aromatic heterocycles. The number of nitrogens with zero attached hydrogens (tertiary/aromatic N) is 3. The number of halogens is 2. The van der Waals surface area contributed by atoms with Crippen LogP contribution in [0, 0.1) is 13.8 Å². The molecular formula is C22H18Cl2N6O3. The fraction of sp³-hybridized carbons (Fsp3) is 0.0909. The molecule has 2 amide bonds. The lowest BCUT2D eigenvalue weighted by atomic mass is 10.0. The van der Waals surface area contributed by atoms with Crippen LogP contribution in [0.1, 0.15) is 11.1 Å². The van der Waals surface area contributed by atoms with Crippen molar-refractivity contribution < 1.29 is 9.53 Å². The normalized spacial score (nSPS) is 13.6. The number of hydrogen-bond donors (Lipinski definition) is 3. The van der Waals surface area contributed by atoms with E-state index in [0.29, 0.717) is 11.1 Å². The van der Waals surface area contributed by atoms with Crippen molar-refractivity contribution in [3.05, 3.63) is 80.2 Å². The predicted octanol–water partition coefficient (Wildman–Crippen LogP) is 4.47. The number of aryl methyl sites for hydroxylation is 2. The number of rotatable bonds is 4. The molecule has 1 aliphatic heterocycles. The molecule has 0 fully saturated rings. The minimum atomic E-state index is -0.574. The summed E-state index contributed by atoms with van der Waals surface area (Å²) in [5, 5.41) is 14.0. The fourth-order valence-electron chi connectivity index (χ4n) is 3.07. The number of urea groups is 1. The second-order valence-electron chi connectivity index (χ2n) is 7.29. The zero-order valence-electron chi connectivity index (χ0n) is 17.6. The highest BCUT2D eigenvalue weighted by Crippen LogP contribution is 2.40. The van der Waals surface area contributed by atoms with E-state index >= 15 is 0 Å². The van der Waals surface area contributed by atoms with Crippen LogP contribution in [-0.4, -0.2) is 22.1 Å². The number of H-pyrrole nitrogens is 1. The molecule has 0 radical (unpaired) electrons. The van der Waals surface area contributed by atoms with E-state index in [1.165, 1.54) is 18.2 Å². The van der Waals surface area contributed by atoms with E-state index in [2.05, 4.69) is 27.2 Å². The van der Waals surface area contributed by atoms with Gasteiger partial charge in [-0.1, -0.05) is 48.0 Å². The monoisotopic (exact) mass is 484 g/mol. The first-order valence-electron chi connectivity index (χ1n) is 9.62. The van der Waals surface area contributed by atoms with Gasteiger partial charge in [-0.3, -0.25) is 4.79 Å². The molecular weight excluding hydrogens is 467 g/mol. The molecule has 4 rings (SSSR count). The first kappa shape index (κ1) is 22.4. The lowest BCUT2D eigenvalue weighted by Gasteiger charge is -2.24. The minimum absolute atomic E-state index is 0.0403. The Morgan fingerprint density at radius 2 is 1.76 bits per heavy atom. The van der Waals surface area contributed by atoms with Crippen LogP contribution in [0.5, 0.6) is 11.6 Å². The average molecular weight is 485 g/mol. The van der Waals surface area contributed by atoms with Gasteiger partial charge in [-0.25, -0.2) is 9.89 Å². The SMILES string of the molecule is C=C1NC(=O)N(c2cc(Cl)c(Oc3cc(-c4ccc(C)c(C)c4)c(=O)[nH]n3)c(Cl)c2)N=C1N. The zero-order chi connectivity index (χ0) is 23.9. The first-order chi connectivity index (χ1) is 15.6. The molecule has 0 bridgehead atoms. The first-order valence-corrected chi connectivity index (χ1v) is 10.4. The molecule has 1 aliphatic rings. The van der Waals surface area contributed by atoms with Crippen molar-refractivity contribution in [2.24, 2.45) is 10.8 Å². The van der Waals surface area contributed by atoms with Crippen LogP contribution in [0.3, 0.4) is 0 Å². The molecule has 0 aliphatic carbocycles. The van der Waals surface area contributed by atoms with Gasteiger partial charge in [0.2, 0.25) is 5.88 Å². The maximum absolute atomic E-state index is 12.4. The Bertz CT molecular complexity index is 1380. The number of nitrogens with two attached hydrogens (primary N) is 1. The number of amidine groups is 1. The molecule has 4 N–H and O–H groups in total. The number of benzene rings is 2. The van der Waals surface area contributed by atoms with Gasteiger partial charge in [0.15, 0.2) is 11.6 Å². The van der Waals surface area contributed by atoms with E-state index in [-0.39, 0.29) is 44.5 Å². The number of amides is 2. The van der Waals surface area contributed by atoms with Crippen molar-refractivity contribution in [1.29, 1.82) is 0 Å². The third-order valence-corrected chi connectivity index (χ3v) is 5.56. The summed E-state index contributed by atoms with van der Waals surface area (Å²) in [6.45, 7) is 7.54. The maximum Gasteiger partial charge on any atom is 0.347 e. The molecule has 0 spiro atoms. The van der Waals surface area contributed by atoms with Gasteiger partial charge < -0.3 is 15.8 Å². The molecule has 11 heteroatoms. The molecule has 168 valence electrons. The largest absolute Gasteiger partial charge is 0.434 e. The lowest BCUT2D eigenvalue weighted by Crippen LogP contribution is -2.45. The molecule has 0 saturated heterocycles. The van der Waals surface area contributed by atoms with Crippen molar-refractivity contribution in [3.63, 3.8) is 0 Å². The van der Waals surface area contributed by atoms with E-state index < -0.39 is 6.03 Å². The molecule has 0 atom stereocenters. The Kier molecular flexibility index (Phi) is 5.84. The van der Waals surface area contributed by atoms with Crippen molar-refractivity contribution in [2.45, 2.75) is 13.8 Å². The second-order valence-corrected chi connectivity index (χ2v) is 8.11. The number of carbonyl (C=O) groups is 1. The number of nitrogens with one attached hydrogen (secondary N) is 2. The lowest BCUT2D eigenvalue weighted by molar-refractivity contribution is 0.248. The number of hydrogen-bond acceptors (Lipinski definition) is 6. The van der Waals surface area contributed by atoms with Crippen LogP contribution in [0.25, 0.3) is 11.1 Å². The molecule has 2 aromatic carbocycles. The smallest absolute Gasteiger partial charge is 0.347 e. The molecule has 0 saturated carbocycles. The topological polar surface area (TPSA) is 126 Å². The number of ether oxygens (including phenoxy) is 1. The Morgan fingerprint density at radius 3 is 2.42 bits per heavy atom. The third kappa shape index (κ3) is 4.41. The van der Waals surface area contributed by atoms with Gasteiger partial charge >= 0.3 is 6.03 Å². The highest BCUT2D eigenvalue weighted by molar-refractivity contribution is 6.37.